The van der Waals surface area contributed by atoms with Gasteiger partial charge in [0, 0.05) is 12.3 Å². The Morgan fingerprint density at radius 2 is 1.71 bits per heavy atom. The van der Waals surface area contributed by atoms with Gasteiger partial charge in [-0.05, 0) is 46.0 Å². The number of hydrogen-bond donors (Lipinski definition) is 1. The van der Waals surface area contributed by atoms with Crippen molar-refractivity contribution in [3.05, 3.63) is 23.3 Å². The molecular weight excluding hydrogens is 212 g/mol. The summed E-state index contributed by atoms with van der Waals surface area (Å²) in [5.41, 5.74) is 2.37. The Bertz CT molecular complexity index is 309. The molecule has 2 heteroatoms. The summed E-state index contributed by atoms with van der Waals surface area (Å²) in [6, 6.07) is 0. The molecule has 0 radical (unpaired) electrons. The van der Waals surface area contributed by atoms with E-state index in [0.29, 0.717) is 18.1 Å². The van der Waals surface area contributed by atoms with E-state index >= 15 is 0 Å². The monoisotopic (exact) mass is 236 g/mol. The molecule has 0 amide bonds. The standard InChI is InChI=1S/C15H24O2/c1-12(5-3-7-13(2)11-16)6-4-8-15(17)14-9-10-14/h6-7,14,16H,3-5,8-11H2,1-2H3/b12-6+,13-7+. The Hall–Kier alpha value is -0.890. The van der Waals surface area contributed by atoms with Crippen LogP contribution >= 0.6 is 0 Å². The van der Waals surface area contributed by atoms with E-state index in [-0.39, 0.29) is 6.61 Å². The fraction of sp³-hybridized carbons (Fsp3) is 0.667. The van der Waals surface area contributed by atoms with Gasteiger partial charge in [0.2, 0.25) is 0 Å². The van der Waals surface area contributed by atoms with Crippen LogP contribution in [-0.4, -0.2) is 17.5 Å². The first-order valence-corrected chi connectivity index (χ1v) is 6.58. The Balaban J connectivity index is 2.13. The maximum atomic E-state index is 11.5. The first kappa shape index (κ1) is 14.2. The molecule has 2 nitrogen and oxygen atoms in total. The predicted molar refractivity (Wildman–Crippen MR) is 70.8 cm³/mol. The minimum Gasteiger partial charge on any atom is -0.392 e. The van der Waals surface area contributed by atoms with Crippen LogP contribution < -0.4 is 0 Å². The molecule has 1 aliphatic rings. The van der Waals surface area contributed by atoms with Crippen LogP contribution in [0.4, 0.5) is 0 Å². The van der Waals surface area contributed by atoms with Crippen molar-refractivity contribution in [3.8, 4) is 0 Å². The number of carbonyl (C=O) groups excluding carboxylic acids is 1. The third kappa shape index (κ3) is 6.42. The molecule has 0 unspecified atom stereocenters. The highest BCUT2D eigenvalue weighted by Crippen LogP contribution is 2.31. The van der Waals surface area contributed by atoms with Crippen LogP contribution in [0.1, 0.15) is 52.4 Å². The summed E-state index contributed by atoms with van der Waals surface area (Å²) in [5.74, 6) is 0.851. The Morgan fingerprint density at radius 3 is 2.29 bits per heavy atom. The first-order valence-electron chi connectivity index (χ1n) is 6.58. The summed E-state index contributed by atoms with van der Waals surface area (Å²) in [7, 11) is 0. The van der Waals surface area contributed by atoms with E-state index in [4.69, 9.17) is 5.11 Å². The van der Waals surface area contributed by atoms with Gasteiger partial charge in [-0.25, -0.2) is 0 Å². The zero-order valence-electron chi connectivity index (χ0n) is 11.0. The van der Waals surface area contributed by atoms with Crippen LogP contribution in [0.25, 0.3) is 0 Å². The topological polar surface area (TPSA) is 37.3 Å². The lowest BCUT2D eigenvalue weighted by atomic mass is 10.1. The van der Waals surface area contributed by atoms with E-state index < -0.39 is 0 Å². The summed E-state index contributed by atoms with van der Waals surface area (Å²) < 4.78 is 0. The van der Waals surface area contributed by atoms with Crippen molar-refractivity contribution in [1.29, 1.82) is 0 Å². The minimum atomic E-state index is 0.151. The second-order valence-electron chi connectivity index (χ2n) is 5.08. The van der Waals surface area contributed by atoms with Crippen LogP contribution in [0.2, 0.25) is 0 Å². The first-order chi connectivity index (χ1) is 8.13. The number of aliphatic hydroxyl groups excluding tert-OH is 1. The van der Waals surface area contributed by atoms with Crippen molar-refractivity contribution in [1.82, 2.24) is 0 Å². The Kier molecular flexibility index (Phi) is 6.20. The van der Waals surface area contributed by atoms with E-state index in [1.54, 1.807) is 0 Å². The second-order valence-corrected chi connectivity index (χ2v) is 5.08. The Labute approximate surface area is 104 Å². The van der Waals surface area contributed by atoms with Crippen LogP contribution in [0.15, 0.2) is 23.3 Å². The van der Waals surface area contributed by atoms with Gasteiger partial charge in [0.25, 0.3) is 0 Å². The van der Waals surface area contributed by atoms with Gasteiger partial charge < -0.3 is 5.11 Å². The molecule has 0 saturated heterocycles. The van der Waals surface area contributed by atoms with Crippen LogP contribution in [0.5, 0.6) is 0 Å². The molecule has 1 fully saturated rings. The number of hydrogen-bond acceptors (Lipinski definition) is 2. The third-order valence-electron chi connectivity index (χ3n) is 3.20. The summed E-state index contributed by atoms with van der Waals surface area (Å²) in [6.07, 6.45) is 10.1. The molecule has 1 rings (SSSR count). The van der Waals surface area contributed by atoms with Crippen molar-refractivity contribution in [2.75, 3.05) is 6.61 Å². The number of aliphatic hydroxyl groups is 1. The van der Waals surface area contributed by atoms with Gasteiger partial charge in [0.1, 0.15) is 5.78 Å². The van der Waals surface area contributed by atoms with Gasteiger partial charge in [0.15, 0.2) is 0 Å². The van der Waals surface area contributed by atoms with Gasteiger partial charge in [-0.2, -0.15) is 0 Å². The zero-order valence-corrected chi connectivity index (χ0v) is 11.0. The second kappa shape index (κ2) is 7.44. The fourth-order valence-corrected chi connectivity index (χ4v) is 1.78. The lowest BCUT2D eigenvalue weighted by molar-refractivity contribution is -0.120. The average Bonchev–Trinajstić information content (AvgIpc) is 3.12. The summed E-state index contributed by atoms with van der Waals surface area (Å²) in [4.78, 5) is 11.5. The van der Waals surface area contributed by atoms with Crippen molar-refractivity contribution >= 4 is 5.78 Å². The van der Waals surface area contributed by atoms with Gasteiger partial charge in [-0.1, -0.05) is 23.3 Å². The molecule has 0 atom stereocenters. The van der Waals surface area contributed by atoms with E-state index in [0.717, 1.165) is 37.7 Å². The average molecular weight is 236 g/mol. The summed E-state index contributed by atoms with van der Waals surface area (Å²) >= 11 is 0. The quantitative estimate of drug-likeness (QED) is 0.656. The molecule has 1 N–H and O–H groups in total. The van der Waals surface area contributed by atoms with E-state index in [9.17, 15) is 4.79 Å². The molecule has 0 aromatic carbocycles. The largest absolute Gasteiger partial charge is 0.392 e. The number of rotatable bonds is 8. The van der Waals surface area contributed by atoms with E-state index in [1.165, 1.54) is 5.57 Å². The highest BCUT2D eigenvalue weighted by Gasteiger charge is 2.28. The lowest BCUT2D eigenvalue weighted by Gasteiger charge is -2.00. The highest BCUT2D eigenvalue weighted by molar-refractivity contribution is 5.83. The van der Waals surface area contributed by atoms with Crippen molar-refractivity contribution < 1.29 is 9.90 Å². The number of ketones is 1. The molecule has 1 aliphatic carbocycles. The van der Waals surface area contributed by atoms with Gasteiger partial charge in [-0.15, -0.1) is 0 Å². The molecule has 0 spiro atoms. The van der Waals surface area contributed by atoms with Gasteiger partial charge in [-0.3, -0.25) is 4.79 Å². The predicted octanol–water partition coefficient (Wildman–Crippen LogP) is 3.41. The summed E-state index contributed by atoms with van der Waals surface area (Å²) in [5, 5.41) is 8.84. The molecule has 96 valence electrons. The SMILES string of the molecule is C/C(=C\CC/C(C)=C/CCC(=O)C1CC1)CO. The molecule has 1 saturated carbocycles. The normalized spacial score (nSPS) is 17.4. The van der Waals surface area contributed by atoms with Gasteiger partial charge in [0.05, 0.1) is 6.61 Å². The summed E-state index contributed by atoms with van der Waals surface area (Å²) in [6.45, 7) is 4.20. The van der Waals surface area contributed by atoms with Crippen molar-refractivity contribution in [2.24, 2.45) is 5.92 Å². The zero-order chi connectivity index (χ0) is 12.7. The molecule has 0 aromatic heterocycles. The van der Waals surface area contributed by atoms with Crippen molar-refractivity contribution in [3.63, 3.8) is 0 Å². The third-order valence-corrected chi connectivity index (χ3v) is 3.20. The number of Topliss-reactive ketones (excluding diaryl/α,β-unsaturated/α-hetero) is 1. The smallest absolute Gasteiger partial charge is 0.136 e. The van der Waals surface area contributed by atoms with Crippen LogP contribution in [-0.2, 0) is 4.79 Å². The van der Waals surface area contributed by atoms with Gasteiger partial charge >= 0.3 is 0 Å². The molecule has 17 heavy (non-hydrogen) atoms. The number of allylic oxidation sites excluding steroid dienone is 3. The molecule has 0 aromatic rings. The molecule has 0 heterocycles. The maximum Gasteiger partial charge on any atom is 0.136 e. The minimum absolute atomic E-state index is 0.151. The fourth-order valence-electron chi connectivity index (χ4n) is 1.78. The van der Waals surface area contributed by atoms with Crippen LogP contribution in [0, 0.1) is 5.92 Å². The van der Waals surface area contributed by atoms with E-state index in [1.807, 2.05) is 6.92 Å². The molecule has 0 bridgehead atoms. The Morgan fingerprint density at radius 1 is 1.12 bits per heavy atom. The molecular formula is C15H24O2. The lowest BCUT2D eigenvalue weighted by Crippen LogP contribution is -1.98. The highest BCUT2D eigenvalue weighted by atomic mass is 16.3. The number of carbonyl (C=O) groups is 1. The molecule has 0 aliphatic heterocycles. The maximum absolute atomic E-state index is 11.5. The van der Waals surface area contributed by atoms with Crippen molar-refractivity contribution in [2.45, 2.75) is 52.4 Å². The van der Waals surface area contributed by atoms with E-state index in [2.05, 4.69) is 19.1 Å². The van der Waals surface area contributed by atoms with Crippen LogP contribution in [0.3, 0.4) is 0 Å².